The number of sulfonamides is 1. The second kappa shape index (κ2) is 8.09. The van der Waals surface area contributed by atoms with Crippen LogP contribution in [-0.4, -0.2) is 44.1 Å². The third-order valence-corrected chi connectivity index (χ3v) is 7.26. The maximum absolute atomic E-state index is 12.6. The lowest BCUT2D eigenvalue weighted by atomic mass is 9.88. The number of fused-ring (bicyclic) bond motifs is 1. The number of carbonyl (C=O) groups is 1. The number of hydrogen-bond donors (Lipinski definition) is 1. The molecule has 0 radical (unpaired) electrons. The van der Waals surface area contributed by atoms with E-state index in [9.17, 15) is 13.2 Å². The zero-order valence-electron chi connectivity index (χ0n) is 15.8. The van der Waals surface area contributed by atoms with Crippen molar-refractivity contribution < 1.29 is 13.2 Å². The fraction of sp³-hybridized carbons (Fsp3) is 0.650. The number of amides is 1. The van der Waals surface area contributed by atoms with Crippen LogP contribution >= 0.6 is 0 Å². The van der Waals surface area contributed by atoms with Crippen LogP contribution < -0.4 is 4.72 Å². The molecule has 2 aliphatic rings. The van der Waals surface area contributed by atoms with E-state index >= 15 is 0 Å². The maximum atomic E-state index is 12.6. The Bertz CT molecular complexity index is 739. The summed E-state index contributed by atoms with van der Waals surface area (Å²) in [5.74, 6) is -0.1000. The monoisotopic (exact) mass is 378 g/mol. The molecule has 2 aliphatic carbocycles. The summed E-state index contributed by atoms with van der Waals surface area (Å²) in [4.78, 5) is 14.2. The van der Waals surface area contributed by atoms with E-state index in [2.05, 4.69) is 23.8 Å². The van der Waals surface area contributed by atoms with Crippen LogP contribution in [0.25, 0.3) is 0 Å². The number of aryl methyl sites for hydroxylation is 1. The topological polar surface area (TPSA) is 66.5 Å². The fourth-order valence-corrected chi connectivity index (χ4v) is 5.51. The van der Waals surface area contributed by atoms with Crippen molar-refractivity contribution in [3.05, 3.63) is 35.4 Å². The summed E-state index contributed by atoms with van der Waals surface area (Å²) in [6.07, 6.45) is 6.43. The first kappa shape index (κ1) is 19.4. The molecule has 0 bridgehead atoms. The molecule has 0 saturated heterocycles. The molecule has 5 nitrogen and oxygen atoms in total. The molecule has 1 amide bonds. The van der Waals surface area contributed by atoms with Gasteiger partial charge in [-0.15, -0.1) is 0 Å². The highest BCUT2D eigenvalue weighted by Crippen LogP contribution is 2.25. The zero-order valence-corrected chi connectivity index (χ0v) is 16.6. The van der Waals surface area contributed by atoms with Gasteiger partial charge in [0.15, 0.2) is 0 Å². The van der Waals surface area contributed by atoms with Gasteiger partial charge in [0.25, 0.3) is 0 Å². The Labute approximate surface area is 157 Å². The van der Waals surface area contributed by atoms with Crippen molar-refractivity contribution in [2.75, 3.05) is 12.8 Å². The number of nitrogens with one attached hydrogen (secondary N) is 1. The van der Waals surface area contributed by atoms with E-state index in [1.165, 1.54) is 11.1 Å². The van der Waals surface area contributed by atoms with Gasteiger partial charge in [-0.1, -0.05) is 31.2 Å². The fourth-order valence-electron chi connectivity index (χ4n) is 4.15. The third-order valence-electron chi connectivity index (χ3n) is 5.94. The summed E-state index contributed by atoms with van der Waals surface area (Å²) in [5.41, 5.74) is 2.60. The molecule has 0 aliphatic heterocycles. The molecule has 1 atom stereocenters. The van der Waals surface area contributed by atoms with E-state index in [4.69, 9.17) is 0 Å². The predicted octanol–water partition coefficient (Wildman–Crippen LogP) is 2.50. The van der Waals surface area contributed by atoms with Gasteiger partial charge in [0.2, 0.25) is 15.9 Å². The molecule has 0 spiro atoms. The first-order valence-corrected chi connectivity index (χ1v) is 11.3. The molecule has 0 aromatic heterocycles. The van der Waals surface area contributed by atoms with Gasteiger partial charge in [0.05, 0.1) is 0 Å². The highest BCUT2D eigenvalue weighted by molar-refractivity contribution is 7.90. The van der Waals surface area contributed by atoms with E-state index in [0.29, 0.717) is 5.92 Å². The predicted molar refractivity (Wildman–Crippen MR) is 103 cm³/mol. The minimum absolute atomic E-state index is 0.0177. The van der Waals surface area contributed by atoms with Crippen molar-refractivity contribution in [3.8, 4) is 0 Å². The van der Waals surface area contributed by atoms with Crippen molar-refractivity contribution in [2.45, 2.75) is 64.0 Å². The molecular weight excluding hydrogens is 348 g/mol. The molecule has 3 rings (SSSR count). The van der Waals surface area contributed by atoms with Crippen LogP contribution in [-0.2, 0) is 27.7 Å². The van der Waals surface area contributed by atoms with Crippen LogP contribution in [0.15, 0.2) is 24.3 Å². The molecule has 1 saturated carbocycles. The van der Waals surface area contributed by atoms with E-state index in [1.807, 2.05) is 12.1 Å². The molecule has 0 unspecified atom stereocenters. The van der Waals surface area contributed by atoms with Crippen LogP contribution in [0.3, 0.4) is 0 Å². The summed E-state index contributed by atoms with van der Waals surface area (Å²) in [7, 11) is -1.85. The molecule has 26 heavy (non-hydrogen) atoms. The Morgan fingerprint density at radius 3 is 2.46 bits per heavy atom. The Kier molecular flexibility index (Phi) is 6.03. The lowest BCUT2D eigenvalue weighted by molar-refractivity contribution is -0.129. The SMILES string of the molecule is CC1CCC(NS(=O)(=O)CC(=O)N(C)[C@H]2CCc3ccccc3C2)CC1. The smallest absolute Gasteiger partial charge is 0.239 e. The minimum atomic E-state index is -3.58. The number of likely N-dealkylation sites (N-methyl/N-ethyl adjacent to an activating group) is 1. The van der Waals surface area contributed by atoms with Crippen LogP contribution in [0.5, 0.6) is 0 Å². The van der Waals surface area contributed by atoms with Gasteiger partial charge in [-0.3, -0.25) is 4.79 Å². The zero-order chi connectivity index (χ0) is 18.7. The largest absolute Gasteiger partial charge is 0.342 e. The van der Waals surface area contributed by atoms with E-state index < -0.39 is 15.8 Å². The van der Waals surface area contributed by atoms with Crippen molar-refractivity contribution in [2.24, 2.45) is 5.92 Å². The average Bonchev–Trinajstić information content (AvgIpc) is 2.62. The first-order chi connectivity index (χ1) is 12.3. The Balaban J connectivity index is 1.55. The number of hydrogen-bond acceptors (Lipinski definition) is 3. The summed E-state index contributed by atoms with van der Waals surface area (Å²) in [6.45, 7) is 2.20. The summed E-state index contributed by atoms with van der Waals surface area (Å²) in [5, 5.41) is 0. The van der Waals surface area contributed by atoms with Gasteiger partial charge in [-0.25, -0.2) is 13.1 Å². The summed E-state index contributed by atoms with van der Waals surface area (Å²) < 4.78 is 27.6. The molecule has 6 heteroatoms. The molecule has 144 valence electrons. The number of nitrogens with zero attached hydrogens (tertiary/aromatic N) is 1. The van der Waals surface area contributed by atoms with Crippen molar-refractivity contribution >= 4 is 15.9 Å². The van der Waals surface area contributed by atoms with E-state index in [0.717, 1.165) is 44.9 Å². The first-order valence-electron chi connectivity index (χ1n) is 9.66. The number of carbonyl (C=O) groups excluding carboxylic acids is 1. The summed E-state index contributed by atoms with van der Waals surface area (Å²) in [6, 6.07) is 8.34. The minimum Gasteiger partial charge on any atom is -0.342 e. The molecule has 1 aromatic carbocycles. The highest BCUT2D eigenvalue weighted by atomic mass is 32.2. The lowest BCUT2D eigenvalue weighted by Crippen LogP contribution is -2.46. The van der Waals surface area contributed by atoms with Crippen LogP contribution in [0.1, 0.15) is 50.2 Å². The van der Waals surface area contributed by atoms with Gasteiger partial charge >= 0.3 is 0 Å². The number of rotatable bonds is 5. The molecule has 1 N–H and O–H groups in total. The Morgan fingerprint density at radius 2 is 1.77 bits per heavy atom. The quantitative estimate of drug-likeness (QED) is 0.856. The number of benzene rings is 1. The van der Waals surface area contributed by atoms with Gasteiger partial charge in [0.1, 0.15) is 5.75 Å². The normalized spacial score (nSPS) is 26.2. The molecule has 1 fully saturated rings. The van der Waals surface area contributed by atoms with Crippen molar-refractivity contribution in [3.63, 3.8) is 0 Å². The molecule has 0 heterocycles. The highest BCUT2D eigenvalue weighted by Gasteiger charge is 2.29. The second-order valence-corrected chi connectivity index (χ2v) is 9.76. The lowest BCUT2D eigenvalue weighted by Gasteiger charge is -2.33. The Hall–Kier alpha value is -1.40. The van der Waals surface area contributed by atoms with Gasteiger partial charge in [0, 0.05) is 19.1 Å². The van der Waals surface area contributed by atoms with Crippen LogP contribution in [0.4, 0.5) is 0 Å². The van der Waals surface area contributed by atoms with Crippen molar-refractivity contribution in [1.29, 1.82) is 0 Å². The van der Waals surface area contributed by atoms with Crippen molar-refractivity contribution in [1.82, 2.24) is 9.62 Å². The summed E-state index contributed by atoms with van der Waals surface area (Å²) >= 11 is 0. The van der Waals surface area contributed by atoms with Crippen LogP contribution in [0.2, 0.25) is 0 Å². The van der Waals surface area contributed by atoms with Crippen LogP contribution in [0, 0.1) is 5.92 Å². The average molecular weight is 379 g/mol. The standard InChI is InChI=1S/C20H30N2O3S/c1-15-7-10-18(11-8-15)21-26(24,25)14-20(23)22(2)19-12-9-16-5-3-4-6-17(16)13-19/h3-6,15,18-19,21H,7-14H2,1-2H3/t15?,18?,19-/m0/s1. The van der Waals surface area contributed by atoms with Gasteiger partial charge < -0.3 is 4.90 Å². The molecular formula is C20H30N2O3S. The van der Waals surface area contributed by atoms with Gasteiger partial charge in [-0.05, 0) is 62.0 Å². The Morgan fingerprint density at radius 1 is 1.12 bits per heavy atom. The van der Waals surface area contributed by atoms with Gasteiger partial charge in [-0.2, -0.15) is 0 Å². The van der Waals surface area contributed by atoms with E-state index in [-0.39, 0.29) is 18.0 Å². The van der Waals surface area contributed by atoms with E-state index in [1.54, 1.807) is 11.9 Å². The second-order valence-electron chi connectivity index (χ2n) is 8.00. The maximum Gasteiger partial charge on any atom is 0.239 e. The molecule has 1 aromatic rings. The third kappa shape index (κ3) is 4.86.